The summed E-state index contributed by atoms with van der Waals surface area (Å²) < 4.78 is 45.1. The predicted octanol–water partition coefficient (Wildman–Crippen LogP) is 3.43. The molecular formula is C28H30N4O6S2. The second kappa shape index (κ2) is 11.8. The van der Waals surface area contributed by atoms with Crippen LogP contribution in [0.3, 0.4) is 0 Å². The van der Waals surface area contributed by atoms with E-state index >= 15 is 0 Å². The maximum atomic E-state index is 13.5. The normalized spacial score (nSPS) is 17.3. The van der Waals surface area contributed by atoms with Crippen molar-refractivity contribution in [1.29, 1.82) is 0 Å². The molecular weight excluding hydrogens is 552 g/mol. The van der Waals surface area contributed by atoms with E-state index in [0.717, 1.165) is 30.4 Å². The Hall–Kier alpha value is -3.13. The van der Waals surface area contributed by atoms with E-state index in [-0.39, 0.29) is 10.8 Å². The van der Waals surface area contributed by atoms with Crippen LogP contribution in [0.1, 0.15) is 10.4 Å². The van der Waals surface area contributed by atoms with Crippen molar-refractivity contribution in [2.45, 2.75) is 4.90 Å². The maximum absolute atomic E-state index is 13.5. The van der Waals surface area contributed by atoms with E-state index in [1.807, 2.05) is 36.4 Å². The standard InChI is InChI=1S/C28H30N4O6S2/c33-27(23-17-20-3-1-2-4-21(20)18-25(23)38-16-9-31-7-12-36-13-8-31)30-28-29-24-6-5-22(19-26(24)39-28)40(34,35)32-10-14-37-15-11-32/h1-6,17-19H,7-16H2,(H,29,30,33). The Balaban J connectivity index is 1.22. The summed E-state index contributed by atoms with van der Waals surface area (Å²) in [5.74, 6) is 0.164. The van der Waals surface area contributed by atoms with Crippen LogP contribution in [-0.2, 0) is 19.5 Å². The molecule has 0 bridgehead atoms. The molecule has 2 fully saturated rings. The number of anilines is 1. The van der Waals surface area contributed by atoms with Gasteiger partial charge in [0.2, 0.25) is 10.0 Å². The van der Waals surface area contributed by atoms with Crippen molar-refractivity contribution >= 4 is 53.4 Å². The number of sulfonamides is 1. The van der Waals surface area contributed by atoms with Gasteiger partial charge in [0, 0.05) is 32.7 Å². The Morgan fingerprint density at radius 3 is 2.40 bits per heavy atom. The Labute approximate surface area is 236 Å². The van der Waals surface area contributed by atoms with Crippen LogP contribution in [-0.4, -0.2) is 94.3 Å². The zero-order valence-electron chi connectivity index (χ0n) is 21.9. The summed E-state index contributed by atoms with van der Waals surface area (Å²) in [5, 5.41) is 5.19. The van der Waals surface area contributed by atoms with E-state index in [9.17, 15) is 13.2 Å². The summed E-state index contributed by atoms with van der Waals surface area (Å²) in [5.41, 5.74) is 1.03. The minimum Gasteiger partial charge on any atom is -0.491 e. The first-order valence-electron chi connectivity index (χ1n) is 13.2. The van der Waals surface area contributed by atoms with E-state index in [1.165, 1.54) is 15.6 Å². The molecule has 0 spiro atoms. The van der Waals surface area contributed by atoms with Gasteiger partial charge >= 0.3 is 0 Å². The zero-order valence-corrected chi connectivity index (χ0v) is 23.5. The topological polar surface area (TPSA) is 110 Å². The summed E-state index contributed by atoms with van der Waals surface area (Å²) in [6, 6.07) is 16.4. The van der Waals surface area contributed by atoms with Crippen LogP contribution in [0.2, 0.25) is 0 Å². The number of carbonyl (C=O) groups excluding carboxylic acids is 1. The van der Waals surface area contributed by atoms with Gasteiger partial charge in [-0.25, -0.2) is 13.4 Å². The Bertz CT molecular complexity index is 1630. The number of rotatable bonds is 8. The first-order chi connectivity index (χ1) is 19.5. The van der Waals surface area contributed by atoms with E-state index < -0.39 is 10.0 Å². The zero-order chi connectivity index (χ0) is 27.5. The van der Waals surface area contributed by atoms with Gasteiger partial charge in [-0.3, -0.25) is 15.0 Å². The van der Waals surface area contributed by atoms with E-state index in [4.69, 9.17) is 14.2 Å². The number of hydrogen-bond donors (Lipinski definition) is 1. The number of benzene rings is 3. The third kappa shape index (κ3) is 5.82. The summed E-state index contributed by atoms with van der Waals surface area (Å²) in [6.45, 7) is 5.75. The molecule has 2 aliphatic heterocycles. The van der Waals surface area contributed by atoms with Gasteiger partial charge in [0.15, 0.2) is 5.13 Å². The van der Waals surface area contributed by atoms with Crippen LogP contribution < -0.4 is 10.1 Å². The maximum Gasteiger partial charge on any atom is 0.261 e. The summed E-state index contributed by atoms with van der Waals surface area (Å²) >= 11 is 1.23. The number of nitrogens with one attached hydrogen (secondary N) is 1. The number of morpholine rings is 2. The van der Waals surface area contributed by atoms with E-state index in [1.54, 1.807) is 18.2 Å². The van der Waals surface area contributed by atoms with Gasteiger partial charge in [0.05, 0.1) is 47.1 Å². The largest absolute Gasteiger partial charge is 0.491 e. The fourth-order valence-corrected chi connectivity index (χ4v) is 7.25. The molecule has 12 heteroatoms. The number of thiazole rings is 1. The van der Waals surface area contributed by atoms with E-state index in [2.05, 4.69) is 15.2 Å². The Morgan fingerprint density at radius 1 is 0.950 bits per heavy atom. The molecule has 3 heterocycles. The Kier molecular flexibility index (Phi) is 7.96. The number of nitrogens with zero attached hydrogens (tertiary/aromatic N) is 3. The van der Waals surface area contributed by atoms with Gasteiger partial charge in [-0.05, 0) is 41.1 Å². The highest BCUT2D eigenvalue weighted by Gasteiger charge is 2.27. The lowest BCUT2D eigenvalue weighted by atomic mass is 10.1. The van der Waals surface area contributed by atoms with Crippen LogP contribution in [0.25, 0.3) is 21.0 Å². The van der Waals surface area contributed by atoms with Gasteiger partial charge in [0.25, 0.3) is 5.91 Å². The van der Waals surface area contributed by atoms with Crippen LogP contribution in [0.5, 0.6) is 5.75 Å². The highest BCUT2D eigenvalue weighted by Crippen LogP contribution is 2.31. The van der Waals surface area contributed by atoms with Crippen molar-refractivity contribution in [3.05, 3.63) is 60.2 Å². The van der Waals surface area contributed by atoms with Crippen molar-refractivity contribution in [2.75, 3.05) is 71.1 Å². The van der Waals surface area contributed by atoms with Crippen molar-refractivity contribution in [3.8, 4) is 5.75 Å². The molecule has 40 heavy (non-hydrogen) atoms. The number of carbonyl (C=O) groups is 1. The molecule has 1 N–H and O–H groups in total. The molecule has 10 nitrogen and oxygen atoms in total. The van der Waals surface area contributed by atoms with Crippen molar-refractivity contribution in [3.63, 3.8) is 0 Å². The van der Waals surface area contributed by atoms with Crippen LogP contribution in [0.15, 0.2) is 59.5 Å². The molecule has 2 saturated heterocycles. The van der Waals surface area contributed by atoms with Gasteiger partial charge in [-0.1, -0.05) is 35.6 Å². The quantitative estimate of drug-likeness (QED) is 0.337. The number of fused-ring (bicyclic) bond motifs is 2. The third-order valence-electron chi connectivity index (χ3n) is 7.05. The molecule has 0 aliphatic carbocycles. The van der Waals surface area contributed by atoms with Crippen LogP contribution in [0, 0.1) is 0 Å². The number of ether oxygens (including phenoxy) is 3. The molecule has 0 radical (unpaired) electrons. The highest BCUT2D eigenvalue weighted by molar-refractivity contribution is 7.89. The van der Waals surface area contributed by atoms with Gasteiger partial charge < -0.3 is 14.2 Å². The lowest BCUT2D eigenvalue weighted by Crippen LogP contribution is -2.40. The molecule has 210 valence electrons. The van der Waals surface area contributed by atoms with Gasteiger partial charge in [0.1, 0.15) is 12.4 Å². The van der Waals surface area contributed by atoms with Gasteiger partial charge in [-0.2, -0.15) is 4.31 Å². The monoisotopic (exact) mass is 582 g/mol. The predicted molar refractivity (Wildman–Crippen MR) is 154 cm³/mol. The van der Waals surface area contributed by atoms with Crippen molar-refractivity contribution in [2.24, 2.45) is 0 Å². The number of hydrogen-bond acceptors (Lipinski definition) is 9. The second-order valence-corrected chi connectivity index (χ2v) is 12.6. The smallest absolute Gasteiger partial charge is 0.261 e. The molecule has 2 aliphatic rings. The Morgan fingerprint density at radius 2 is 1.65 bits per heavy atom. The molecule has 1 amide bonds. The van der Waals surface area contributed by atoms with Crippen molar-refractivity contribution < 1.29 is 27.4 Å². The third-order valence-corrected chi connectivity index (χ3v) is 9.88. The van der Waals surface area contributed by atoms with E-state index in [0.29, 0.717) is 72.8 Å². The first-order valence-corrected chi connectivity index (χ1v) is 15.5. The molecule has 4 aromatic rings. The molecule has 1 aromatic heterocycles. The summed E-state index contributed by atoms with van der Waals surface area (Å²) in [6.07, 6.45) is 0. The fourth-order valence-electron chi connectivity index (χ4n) is 4.85. The molecule has 0 unspecified atom stereocenters. The van der Waals surface area contributed by atoms with Crippen LogP contribution >= 0.6 is 11.3 Å². The molecule has 6 rings (SSSR count). The SMILES string of the molecule is O=C(Nc1nc2ccc(S(=O)(=O)N3CCOCC3)cc2s1)c1cc2ccccc2cc1OCCN1CCOCC1. The summed E-state index contributed by atoms with van der Waals surface area (Å²) in [7, 11) is -3.64. The minimum absolute atomic E-state index is 0.203. The first kappa shape index (κ1) is 27.1. The molecule has 3 aromatic carbocycles. The average molecular weight is 583 g/mol. The lowest BCUT2D eigenvalue weighted by Gasteiger charge is -2.26. The summed E-state index contributed by atoms with van der Waals surface area (Å²) in [4.78, 5) is 20.5. The number of aromatic nitrogens is 1. The average Bonchev–Trinajstić information content (AvgIpc) is 3.39. The minimum atomic E-state index is -3.64. The highest BCUT2D eigenvalue weighted by atomic mass is 32.2. The fraction of sp³-hybridized carbons (Fsp3) is 0.357. The molecule has 0 atom stereocenters. The van der Waals surface area contributed by atoms with Gasteiger partial charge in [-0.15, -0.1) is 0 Å². The van der Waals surface area contributed by atoms with Crippen LogP contribution in [0.4, 0.5) is 5.13 Å². The second-order valence-electron chi connectivity index (χ2n) is 9.62. The lowest BCUT2D eigenvalue weighted by molar-refractivity contribution is 0.0322. The number of amides is 1. The van der Waals surface area contributed by atoms with Crippen molar-refractivity contribution in [1.82, 2.24) is 14.2 Å². The molecule has 0 saturated carbocycles.